The van der Waals surface area contributed by atoms with E-state index in [1.54, 1.807) is 0 Å². The Morgan fingerprint density at radius 2 is 1.48 bits per heavy atom. The van der Waals surface area contributed by atoms with Crippen molar-refractivity contribution in [3.8, 4) is 0 Å². The largest absolute Gasteiger partial charge is 0.287 e. The molecule has 23 heavy (non-hydrogen) atoms. The van der Waals surface area contributed by atoms with Crippen molar-refractivity contribution in [2.24, 2.45) is 0 Å². The van der Waals surface area contributed by atoms with Crippen molar-refractivity contribution in [1.29, 1.82) is 0 Å². The second kappa shape index (κ2) is 7.65. The van der Waals surface area contributed by atoms with Crippen LogP contribution in [0.15, 0.2) is 72.9 Å². The smallest absolute Gasteiger partial charge is 0.0547 e. The first-order valence-corrected chi connectivity index (χ1v) is 7.88. The van der Waals surface area contributed by atoms with Gasteiger partial charge in [0.1, 0.15) is 0 Å². The van der Waals surface area contributed by atoms with E-state index < -0.39 is 0 Å². The van der Waals surface area contributed by atoms with Crippen LogP contribution in [0.3, 0.4) is 0 Å². The number of aryl methyl sites for hydroxylation is 1. The molecule has 0 aliphatic heterocycles. The van der Waals surface area contributed by atoms with Gasteiger partial charge in [0.2, 0.25) is 0 Å². The first kappa shape index (κ1) is 15.4. The van der Waals surface area contributed by atoms with Crippen LogP contribution in [0.25, 0.3) is 0 Å². The minimum atomic E-state index is 0.811. The van der Waals surface area contributed by atoms with Crippen molar-refractivity contribution >= 4 is 0 Å². The summed E-state index contributed by atoms with van der Waals surface area (Å²) < 4.78 is 0. The van der Waals surface area contributed by atoms with E-state index in [-0.39, 0.29) is 0 Å². The quantitative estimate of drug-likeness (QED) is 0.689. The first-order valence-electron chi connectivity index (χ1n) is 7.88. The predicted octanol–water partition coefficient (Wildman–Crippen LogP) is 3.99. The van der Waals surface area contributed by atoms with Gasteiger partial charge in [0.15, 0.2) is 0 Å². The molecule has 0 N–H and O–H groups in total. The maximum Gasteiger partial charge on any atom is 0.0547 e. The molecule has 2 heterocycles. The third kappa shape index (κ3) is 4.73. The molecule has 0 aliphatic carbocycles. The molecule has 0 radical (unpaired) electrons. The zero-order valence-electron chi connectivity index (χ0n) is 13.4. The zero-order valence-corrected chi connectivity index (χ0v) is 13.4. The lowest BCUT2D eigenvalue weighted by molar-refractivity contribution is 0.241. The average Bonchev–Trinajstić information content (AvgIpc) is 2.57. The SMILES string of the molecule is Cc1cccc(CN(Cc2ccccc2)Cc2ccccn2)n1. The van der Waals surface area contributed by atoms with Crippen molar-refractivity contribution in [2.45, 2.75) is 26.6 Å². The van der Waals surface area contributed by atoms with E-state index in [4.69, 9.17) is 0 Å². The topological polar surface area (TPSA) is 29.0 Å². The van der Waals surface area contributed by atoms with Gasteiger partial charge in [-0.15, -0.1) is 0 Å². The fourth-order valence-corrected chi connectivity index (χ4v) is 2.65. The van der Waals surface area contributed by atoms with Crippen molar-refractivity contribution < 1.29 is 0 Å². The molecule has 0 fully saturated rings. The highest BCUT2D eigenvalue weighted by Crippen LogP contribution is 2.12. The number of rotatable bonds is 6. The van der Waals surface area contributed by atoms with Gasteiger partial charge in [-0.1, -0.05) is 42.5 Å². The third-order valence-electron chi connectivity index (χ3n) is 3.69. The van der Waals surface area contributed by atoms with Crippen LogP contribution in [-0.4, -0.2) is 14.9 Å². The molecule has 0 saturated heterocycles. The third-order valence-corrected chi connectivity index (χ3v) is 3.69. The van der Waals surface area contributed by atoms with Crippen LogP contribution in [-0.2, 0) is 19.6 Å². The normalized spacial score (nSPS) is 10.9. The minimum absolute atomic E-state index is 0.811. The van der Waals surface area contributed by atoms with Crippen molar-refractivity contribution in [2.75, 3.05) is 0 Å². The van der Waals surface area contributed by atoms with Crippen molar-refractivity contribution in [1.82, 2.24) is 14.9 Å². The Morgan fingerprint density at radius 3 is 2.22 bits per heavy atom. The van der Waals surface area contributed by atoms with E-state index in [0.29, 0.717) is 0 Å². The lowest BCUT2D eigenvalue weighted by Gasteiger charge is -2.22. The van der Waals surface area contributed by atoms with Gasteiger partial charge in [0.05, 0.1) is 11.4 Å². The molecule has 0 aliphatic rings. The van der Waals surface area contributed by atoms with Gasteiger partial charge in [0.25, 0.3) is 0 Å². The number of aromatic nitrogens is 2. The summed E-state index contributed by atoms with van der Waals surface area (Å²) in [6, 6.07) is 22.8. The lowest BCUT2D eigenvalue weighted by Crippen LogP contribution is -2.23. The summed E-state index contributed by atoms with van der Waals surface area (Å²) in [5.41, 5.74) is 4.53. The van der Waals surface area contributed by atoms with Gasteiger partial charge in [-0.3, -0.25) is 14.9 Å². The monoisotopic (exact) mass is 303 g/mol. The summed E-state index contributed by atoms with van der Waals surface area (Å²) >= 11 is 0. The number of nitrogens with zero attached hydrogens (tertiary/aromatic N) is 3. The van der Waals surface area contributed by atoms with Crippen molar-refractivity contribution in [3.05, 3.63) is 95.6 Å². The van der Waals surface area contributed by atoms with E-state index in [1.165, 1.54) is 5.56 Å². The molecule has 3 nitrogen and oxygen atoms in total. The van der Waals surface area contributed by atoms with E-state index in [2.05, 4.69) is 63.4 Å². The van der Waals surface area contributed by atoms with E-state index in [1.807, 2.05) is 31.3 Å². The Labute approximate surface area is 137 Å². The molecule has 0 amide bonds. The number of hydrogen-bond donors (Lipinski definition) is 0. The first-order chi connectivity index (χ1) is 11.3. The molecule has 116 valence electrons. The van der Waals surface area contributed by atoms with E-state index in [0.717, 1.165) is 36.7 Å². The Hall–Kier alpha value is -2.52. The fraction of sp³-hybridized carbons (Fsp3) is 0.200. The Kier molecular flexibility index (Phi) is 5.12. The highest BCUT2D eigenvalue weighted by atomic mass is 15.1. The fourth-order valence-electron chi connectivity index (χ4n) is 2.65. The summed E-state index contributed by atoms with van der Waals surface area (Å²) in [6.45, 7) is 4.54. The minimum Gasteiger partial charge on any atom is -0.287 e. The van der Waals surface area contributed by atoms with Crippen LogP contribution in [0.4, 0.5) is 0 Å². The van der Waals surface area contributed by atoms with Crippen molar-refractivity contribution in [3.63, 3.8) is 0 Å². The number of benzene rings is 1. The van der Waals surface area contributed by atoms with E-state index >= 15 is 0 Å². The van der Waals surface area contributed by atoms with Crippen LogP contribution >= 0.6 is 0 Å². The molecule has 0 atom stereocenters. The molecular formula is C20H21N3. The summed E-state index contributed by atoms with van der Waals surface area (Å²) in [6.07, 6.45) is 1.85. The summed E-state index contributed by atoms with van der Waals surface area (Å²) in [5.74, 6) is 0. The van der Waals surface area contributed by atoms with Gasteiger partial charge in [0, 0.05) is 31.5 Å². The molecule has 0 spiro atoms. The van der Waals surface area contributed by atoms with E-state index in [9.17, 15) is 0 Å². The standard InChI is InChI=1S/C20H21N3/c1-17-8-7-12-20(22-17)16-23(14-18-9-3-2-4-10-18)15-19-11-5-6-13-21-19/h2-13H,14-16H2,1H3. The van der Waals surface area contributed by atoms with Gasteiger partial charge >= 0.3 is 0 Å². The summed E-state index contributed by atoms with van der Waals surface area (Å²) in [5, 5.41) is 0. The molecule has 3 rings (SSSR count). The highest BCUT2D eigenvalue weighted by molar-refractivity contribution is 5.16. The van der Waals surface area contributed by atoms with Crippen LogP contribution in [0, 0.1) is 6.92 Å². The number of pyridine rings is 2. The lowest BCUT2D eigenvalue weighted by atomic mass is 10.2. The highest BCUT2D eigenvalue weighted by Gasteiger charge is 2.10. The maximum absolute atomic E-state index is 4.63. The van der Waals surface area contributed by atoms with Crippen LogP contribution < -0.4 is 0 Å². The number of hydrogen-bond acceptors (Lipinski definition) is 3. The molecule has 0 saturated carbocycles. The Morgan fingerprint density at radius 1 is 0.739 bits per heavy atom. The van der Waals surface area contributed by atoms with Gasteiger partial charge in [-0.2, -0.15) is 0 Å². The van der Waals surface area contributed by atoms with Crippen LogP contribution in [0.1, 0.15) is 22.6 Å². The zero-order chi connectivity index (χ0) is 15.9. The van der Waals surface area contributed by atoms with Gasteiger partial charge in [-0.25, -0.2) is 0 Å². The second-order valence-electron chi connectivity index (χ2n) is 5.72. The van der Waals surface area contributed by atoms with Crippen LogP contribution in [0.2, 0.25) is 0 Å². The second-order valence-corrected chi connectivity index (χ2v) is 5.72. The van der Waals surface area contributed by atoms with Crippen LogP contribution in [0.5, 0.6) is 0 Å². The molecular weight excluding hydrogens is 282 g/mol. The average molecular weight is 303 g/mol. The molecule has 3 aromatic rings. The molecule has 0 unspecified atom stereocenters. The maximum atomic E-state index is 4.63. The molecule has 1 aromatic carbocycles. The Balaban J connectivity index is 1.77. The molecule has 0 bridgehead atoms. The predicted molar refractivity (Wildman–Crippen MR) is 92.6 cm³/mol. The van der Waals surface area contributed by atoms with Gasteiger partial charge in [-0.05, 0) is 36.8 Å². The summed E-state index contributed by atoms with van der Waals surface area (Å²) in [7, 11) is 0. The van der Waals surface area contributed by atoms with Gasteiger partial charge < -0.3 is 0 Å². The summed E-state index contributed by atoms with van der Waals surface area (Å²) in [4.78, 5) is 11.5. The Bertz CT molecular complexity index is 685. The molecule has 3 heteroatoms. The molecule has 2 aromatic heterocycles.